The van der Waals surface area contributed by atoms with E-state index in [0.29, 0.717) is 26.3 Å². The Morgan fingerprint density at radius 2 is 1.78 bits per heavy atom. The molecule has 1 aromatic carbocycles. The van der Waals surface area contributed by atoms with Crippen molar-refractivity contribution in [1.29, 1.82) is 0 Å². The van der Waals surface area contributed by atoms with Crippen LogP contribution in [0, 0.1) is 0 Å². The molecule has 0 amide bonds. The van der Waals surface area contributed by atoms with E-state index in [1.54, 1.807) is 7.11 Å². The molecule has 7 nitrogen and oxygen atoms in total. The van der Waals surface area contributed by atoms with Crippen molar-refractivity contribution < 1.29 is 24.8 Å². The maximum atomic E-state index is 9.30. The van der Waals surface area contributed by atoms with E-state index in [9.17, 15) is 5.11 Å². The van der Waals surface area contributed by atoms with Crippen molar-refractivity contribution in [2.75, 3.05) is 26.9 Å². The van der Waals surface area contributed by atoms with Crippen molar-refractivity contribution in [2.24, 2.45) is 0 Å². The van der Waals surface area contributed by atoms with E-state index in [4.69, 9.17) is 19.7 Å². The van der Waals surface area contributed by atoms with Gasteiger partial charge in [0.2, 0.25) is 0 Å². The van der Waals surface area contributed by atoms with Gasteiger partial charge in [-0.05, 0) is 18.1 Å². The number of methoxy groups -OCH3 is 1. The second-order valence-electron chi connectivity index (χ2n) is 5.32. The predicted octanol–water partition coefficient (Wildman–Crippen LogP) is -0.454. The summed E-state index contributed by atoms with van der Waals surface area (Å²) in [6.07, 6.45) is -2.98. The maximum Gasteiger partial charge on any atom is 0.179 e. The van der Waals surface area contributed by atoms with Gasteiger partial charge in [0.15, 0.2) is 6.29 Å². The lowest BCUT2D eigenvalue weighted by Gasteiger charge is -2.16. The SMILES string of the molecule is COCCOC(C)NCc1cccc(CNC[C@H](O)C(O)O)c1. The molecule has 0 saturated carbocycles. The fourth-order valence-electron chi connectivity index (χ4n) is 1.95. The Balaban J connectivity index is 2.32. The molecule has 0 heterocycles. The summed E-state index contributed by atoms with van der Waals surface area (Å²) in [5.41, 5.74) is 2.17. The highest BCUT2D eigenvalue weighted by Gasteiger charge is 2.11. The molecule has 0 radical (unpaired) electrons. The van der Waals surface area contributed by atoms with Gasteiger partial charge in [-0.2, -0.15) is 0 Å². The van der Waals surface area contributed by atoms with Crippen LogP contribution in [-0.4, -0.2) is 60.8 Å². The molecule has 0 aromatic heterocycles. The van der Waals surface area contributed by atoms with Crippen LogP contribution < -0.4 is 10.6 Å². The quantitative estimate of drug-likeness (QED) is 0.261. The average molecular weight is 328 g/mol. The van der Waals surface area contributed by atoms with E-state index in [1.165, 1.54) is 0 Å². The molecular weight excluding hydrogens is 300 g/mol. The summed E-state index contributed by atoms with van der Waals surface area (Å²) in [6.45, 7) is 4.40. The van der Waals surface area contributed by atoms with Crippen LogP contribution in [0.1, 0.15) is 18.1 Å². The third-order valence-electron chi connectivity index (χ3n) is 3.27. The first kappa shape index (κ1) is 20.0. The number of benzene rings is 1. The molecule has 0 aliphatic heterocycles. The summed E-state index contributed by atoms with van der Waals surface area (Å²) in [7, 11) is 1.64. The van der Waals surface area contributed by atoms with E-state index in [1.807, 2.05) is 31.2 Å². The fraction of sp³-hybridized carbons (Fsp3) is 0.625. The first-order valence-corrected chi connectivity index (χ1v) is 7.69. The minimum absolute atomic E-state index is 0.0619. The zero-order valence-corrected chi connectivity index (χ0v) is 13.7. The summed E-state index contributed by atoms with van der Waals surface area (Å²) >= 11 is 0. The van der Waals surface area contributed by atoms with Crippen LogP contribution in [0.4, 0.5) is 0 Å². The maximum absolute atomic E-state index is 9.30. The number of nitrogens with one attached hydrogen (secondary N) is 2. The van der Waals surface area contributed by atoms with Crippen molar-refractivity contribution >= 4 is 0 Å². The molecule has 0 saturated heterocycles. The second-order valence-corrected chi connectivity index (χ2v) is 5.32. The number of hydrogen-bond acceptors (Lipinski definition) is 7. The molecule has 132 valence electrons. The Hall–Kier alpha value is -1.06. The number of ether oxygens (including phenoxy) is 2. The van der Waals surface area contributed by atoms with Gasteiger partial charge in [-0.3, -0.25) is 5.32 Å². The molecule has 1 aromatic rings. The topological polar surface area (TPSA) is 103 Å². The summed E-state index contributed by atoms with van der Waals surface area (Å²) < 4.78 is 10.5. The number of rotatable bonds is 12. The molecule has 0 spiro atoms. The van der Waals surface area contributed by atoms with Crippen molar-refractivity contribution in [2.45, 2.75) is 38.6 Å². The fourth-order valence-corrected chi connectivity index (χ4v) is 1.95. The predicted molar refractivity (Wildman–Crippen MR) is 86.5 cm³/mol. The van der Waals surface area contributed by atoms with E-state index in [0.717, 1.165) is 11.1 Å². The highest BCUT2D eigenvalue weighted by Crippen LogP contribution is 2.06. The Morgan fingerprint density at radius 1 is 1.09 bits per heavy atom. The Bertz CT molecular complexity index is 431. The summed E-state index contributed by atoms with van der Waals surface area (Å²) in [5.74, 6) is 0. The van der Waals surface area contributed by atoms with Crippen LogP contribution in [0.2, 0.25) is 0 Å². The molecule has 0 aliphatic carbocycles. The highest BCUT2D eigenvalue weighted by atomic mass is 16.5. The van der Waals surface area contributed by atoms with Gasteiger partial charge in [-0.15, -0.1) is 0 Å². The lowest BCUT2D eigenvalue weighted by molar-refractivity contribution is -0.120. The Morgan fingerprint density at radius 3 is 2.43 bits per heavy atom. The first-order valence-electron chi connectivity index (χ1n) is 7.69. The molecule has 0 bridgehead atoms. The van der Waals surface area contributed by atoms with Gasteiger partial charge >= 0.3 is 0 Å². The zero-order chi connectivity index (χ0) is 17.1. The summed E-state index contributed by atoms with van der Waals surface area (Å²) in [5, 5.41) is 33.1. The molecule has 7 heteroatoms. The second kappa shape index (κ2) is 11.5. The smallest absolute Gasteiger partial charge is 0.179 e. The molecule has 1 rings (SSSR count). The standard InChI is InChI=1S/C16H28N2O5/c1-12(23-7-6-22-2)18-10-14-5-3-4-13(8-14)9-17-11-15(19)16(20)21/h3-5,8,12,15-21H,6-7,9-11H2,1-2H3/t12?,15-/m0/s1. The zero-order valence-electron chi connectivity index (χ0n) is 13.7. The molecule has 2 atom stereocenters. The van der Waals surface area contributed by atoms with Gasteiger partial charge in [-0.1, -0.05) is 24.3 Å². The van der Waals surface area contributed by atoms with Crippen molar-refractivity contribution in [3.63, 3.8) is 0 Å². The largest absolute Gasteiger partial charge is 0.387 e. The van der Waals surface area contributed by atoms with Gasteiger partial charge in [0, 0.05) is 26.7 Å². The summed E-state index contributed by atoms with van der Waals surface area (Å²) in [4.78, 5) is 0. The van der Waals surface area contributed by atoms with E-state index < -0.39 is 12.4 Å². The molecule has 1 unspecified atom stereocenters. The molecular formula is C16H28N2O5. The van der Waals surface area contributed by atoms with E-state index in [-0.39, 0.29) is 12.8 Å². The lowest BCUT2D eigenvalue weighted by atomic mass is 10.1. The first-order chi connectivity index (χ1) is 11.0. The van der Waals surface area contributed by atoms with Crippen LogP contribution in [0.5, 0.6) is 0 Å². The minimum Gasteiger partial charge on any atom is -0.387 e. The van der Waals surface area contributed by atoms with Crippen LogP contribution in [0.25, 0.3) is 0 Å². The van der Waals surface area contributed by atoms with Crippen LogP contribution >= 0.6 is 0 Å². The molecule has 0 fully saturated rings. The van der Waals surface area contributed by atoms with Crippen LogP contribution in [0.15, 0.2) is 24.3 Å². The lowest BCUT2D eigenvalue weighted by Crippen LogP contribution is -2.35. The van der Waals surface area contributed by atoms with E-state index >= 15 is 0 Å². The van der Waals surface area contributed by atoms with Gasteiger partial charge in [0.25, 0.3) is 0 Å². The molecule has 0 aliphatic rings. The highest BCUT2D eigenvalue weighted by molar-refractivity contribution is 5.23. The van der Waals surface area contributed by atoms with Gasteiger partial charge < -0.3 is 30.1 Å². The van der Waals surface area contributed by atoms with Crippen molar-refractivity contribution in [1.82, 2.24) is 10.6 Å². The summed E-state index contributed by atoms with van der Waals surface area (Å²) in [6, 6.07) is 7.99. The number of hydrogen-bond donors (Lipinski definition) is 5. The molecule has 23 heavy (non-hydrogen) atoms. The average Bonchev–Trinajstić information content (AvgIpc) is 2.53. The monoisotopic (exact) mass is 328 g/mol. The Labute approximate surface area is 137 Å². The van der Waals surface area contributed by atoms with Gasteiger partial charge in [-0.25, -0.2) is 0 Å². The van der Waals surface area contributed by atoms with Crippen molar-refractivity contribution in [3.05, 3.63) is 35.4 Å². The van der Waals surface area contributed by atoms with Crippen molar-refractivity contribution in [3.8, 4) is 0 Å². The third-order valence-corrected chi connectivity index (χ3v) is 3.27. The van der Waals surface area contributed by atoms with Crippen LogP contribution in [-0.2, 0) is 22.6 Å². The third kappa shape index (κ3) is 8.97. The van der Waals surface area contributed by atoms with Crippen LogP contribution in [0.3, 0.4) is 0 Å². The number of aliphatic hydroxyl groups excluding tert-OH is 2. The normalized spacial score (nSPS) is 14.2. The number of aliphatic hydroxyl groups is 3. The minimum atomic E-state index is -1.72. The molecule has 5 N–H and O–H groups in total. The van der Waals surface area contributed by atoms with Gasteiger partial charge in [0.05, 0.1) is 13.2 Å². The Kier molecular flexibility index (Phi) is 9.97. The van der Waals surface area contributed by atoms with E-state index in [2.05, 4.69) is 10.6 Å². The van der Waals surface area contributed by atoms with Gasteiger partial charge in [0.1, 0.15) is 12.3 Å².